The third-order valence-corrected chi connectivity index (χ3v) is 5.87. The standard InChI is InChI=1S/C17H20NO6P/c1-20-23-25(19,24-21-2)16-13-22-18(15-11-7-4-8-12-15)17(16)14-9-5-3-6-10-14/h3-12,16-17H,13H2,1-2H3/t16-,17+/m1/s1. The molecule has 1 aliphatic heterocycles. The number of benzene rings is 2. The molecule has 8 heteroatoms. The highest BCUT2D eigenvalue weighted by Crippen LogP contribution is 2.60. The van der Waals surface area contributed by atoms with Gasteiger partial charge in [0.2, 0.25) is 0 Å². The molecule has 3 rings (SSSR count). The van der Waals surface area contributed by atoms with Crippen LogP contribution in [0.2, 0.25) is 0 Å². The Hall–Kier alpha value is -1.73. The zero-order chi connectivity index (χ0) is 17.7. The van der Waals surface area contributed by atoms with Crippen molar-refractivity contribution in [3.8, 4) is 0 Å². The first kappa shape index (κ1) is 18.1. The molecule has 1 heterocycles. The summed E-state index contributed by atoms with van der Waals surface area (Å²) in [5.41, 5.74) is 1.10. The highest BCUT2D eigenvalue weighted by Gasteiger charge is 2.51. The van der Waals surface area contributed by atoms with Crippen molar-refractivity contribution in [1.29, 1.82) is 0 Å². The van der Waals surface area contributed by atoms with Crippen LogP contribution in [0.4, 0.5) is 5.69 Å². The van der Waals surface area contributed by atoms with Gasteiger partial charge in [-0.1, -0.05) is 48.5 Å². The Morgan fingerprint density at radius 1 is 0.960 bits per heavy atom. The van der Waals surface area contributed by atoms with E-state index in [2.05, 4.69) is 9.78 Å². The summed E-state index contributed by atoms with van der Waals surface area (Å²) >= 11 is 0. The average Bonchev–Trinajstić information content (AvgIpc) is 3.09. The zero-order valence-corrected chi connectivity index (χ0v) is 14.9. The van der Waals surface area contributed by atoms with Gasteiger partial charge in [-0.25, -0.2) is 14.8 Å². The third-order valence-electron chi connectivity index (χ3n) is 3.92. The van der Waals surface area contributed by atoms with E-state index in [0.29, 0.717) is 0 Å². The largest absolute Gasteiger partial charge is 0.392 e. The van der Waals surface area contributed by atoms with Crippen molar-refractivity contribution in [2.75, 3.05) is 25.9 Å². The molecular weight excluding hydrogens is 345 g/mol. The Labute approximate surface area is 146 Å². The summed E-state index contributed by atoms with van der Waals surface area (Å²) < 4.78 is 23.2. The normalized spacial score (nSPS) is 20.8. The summed E-state index contributed by atoms with van der Waals surface area (Å²) in [6.45, 7) is 0.123. The molecule has 25 heavy (non-hydrogen) atoms. The van der Waals surface area contributed by atoms with Gasteiger partial charge < -0.3 is 0 Å². The molecule has 7 nitrogen and oxygen atoms in total. The van der Waals surface area contributed by atoms with Gasteiger partial charge in [0, 0.05) is 0 Å². The van der Waals surface area contributed by atoms with E-state index in [1.807, 2.05) is 60.7 Å². The van der Waals surface area contributed by atoms with Crippen molar-refractivity contribution >= 4 is 13.3 Å². The van der Waals surface area contributed by atoms with Gasteiger partial charge in [-0.15, -0.1) is 9.35 Å². The van der Waals surface area contributed by atoms with Gasteiger partial charge in [-0.2, -0.15) is 0 Å². The maximum atomic E-state index is 13.2. The van der Waals surface area contributed by atoms with Gasteiger partial charge >= 0.3 is 7.60 Å². The van der Waals surface area contributed by atoms with Crippen molar-refractivity contribution in [3.63, 3.8) is 0 Å². The second-order valence-corrected chi connectivity index (χ2v) is 7.44. The molecule has 0 N–H and O–H groups in total. The topological polar surface area (TPSA) is 66.5 Å². The minimum atomic E-state index is -3.76. The third kappa shape index (κ3) is 3.77. The summed E-state index contributed by atoms with van der Waals surface area (Å²) in [4.78, 5) is 15.2. The smallest absolute Gasteiger partial charge is 0.272 e. The number of para-hydroxylation sites is 1. The zero-order valence-electron chi connectivity index (χ0n) is 14.0. The summed E-state index contributed by atoms with van der Waals surface area (Å²) in [5, 5.41) is 1.71. The Morgan fingerprint density at radius 2 is 1.52 bits per heavy atom. The first-order chi connectivity index (χ1) is 12.2. The Balaban J connectivity index is 2.02. The molecule has 1 aliphatic rings. The number of hydrogen-bond acceptors (Lipinski definition) is 7. The SMILES string of the molecule is COOP(=O)(OOC)[C@@H]1CON(c2ccccc2)[C@H]1c1ccccc1. The molecule has 0 aromatic heterocycles. The molecule has 1 fully saturated rings. The summed E-state index contributed by atoms with van der Waals surface area (Å²) in [7, 11) is -1.21. The van der Waals surface area contributed by atoms with Crippen molar-refractivity contribution in [2.45, 2.75) is 11.7 Å². The molecular formula is C17H20NO6P. The van der Waals surface area contributed by atoms with E-state index in [1.165, 1.54) is 14.2 Å². The van der Waals surface area contributed by atoms with Crippen LogP contribution in [0.5, 0.6) is 0 Å². The first-order valence-electron chi connectivity index (χ1n) is 7.76. The monoisotopic (exact) mass is 365 g/mol. The second kappa shape index (κ2) is 8.10. The molecule has 1 saturated heterocycles. The first-order valence-corrected chi connectivity index (χ1v) is 9.37. The van der Waals surface area contributed by atoms with Crippen molar-refractivity contribution in [1.82, 2.24) is 0 Å². The lowest BCUT2D eigenvalue weighted by Crippen LogP contribution is -2.27. The van der Waals surface area contributed by atoms with Crippen LogP contribution in [0.1, 0.15) is 11.6 Å². The van der Waals surface area contributed by atoms with Crippen LogP contribution >= 0.6 is 7.60 Å². The Bertz CT molecular complexity index is 704. The van der Waals surface area contributed by atoms with Crippen molar-refractivity contribution < 1.29 is 28.5 Å². The molecule has 2 aromatic rings. The van der Waals surface area contributed by atoms with Crippen LogP contribution in [0, 0.1) is 0 Å². The van der Waals surface area contributed by atoms with E-state index >= 15 is 0 Å². The molecule has 0 radical (unpaired) electrons. The molecule has 2 aromatic carbocycles. The van der Waals surface area contributed by atoms with Crippen LogP contribution in [0.15, 0.2) is 60.7 Å². The lowest BCUT2D eigenvalue weighted by Gasteiger charge is -2.29. The number of nitrogens with zero attached hydrogens (tertiary/aromatic N) is 1. The summed E-state index contributed by atoms with van der Waals surface area (Å²) in [6.07, 6.45) is 0. The van der Waals surface area contributed by atoms with Gasteiger partial charge in [-0.05, 0) is 17.7 Å². The minimum absolute atomic E-state index is 0.123. The highest BCUT2D eigenvalue weighted by molar-refractivity contribution is 7.54. The fraction of sp³-hybridized carbons (Fsp3) is 0.294. The molecule has 0 spiro atoms. The fourth-order valence-electron chi connectivity index (χ4n) is 2.90. The van der Waals surface area contributed by atoms with Gasteiger partial charge in [0.25, 0.3) is 0 Å². The summed E-state index contributed by atoms with van der Waals surface area (Å²) in [6, 6.07) is 18.8. The van der Waals surface area contributed by atoms with Crippen molar-refractivity contribution in [3.05, 3.63) is 66.2 Å². The van der Waals surface area contributed by atoms with Gasteiger partial charge in [0.05, 0.1) is 32.6 Å². The predicted molar refractivity (Wildman–Crippen MR) is 91.6 cm³/mol. The Kier molecular flexibility index (Phi) is 5.86. The van der Waals surface area contributed by atoms with Crippen LogP contribution < -0.4 is 5.06 Å². The van der Waals surface area contributed by atoms with Crippen molar-refractivity contribution in [2.24, 2.45) is 0 Å². The average molecular weight is 365 g/mol. The molecule has 0 unspecified atom stereocenters. The quantitative estimate of drug-likeness (QED) is 0.419. The van der Waals surface area contributed by atoms with E-state index in [4.69, 9.17) is 14.2 Å². The number of anilines is 1. The van der Waals surface area contributed by atoms with Gasteiger partial charge in [0.1, 0.15) is 5.66 Å². The summed E-state index contributed by atoms with van der Waals surface area (Å²) in [5.74, 6) is 0. The van der Waals surface area contributed by atoms with Crippen LogP contribution in [0.3, 0.4) is 0 Å². The number of hydroxylamine groups is 1. The van der Waals surface area contributed by atoms with E-state index < -0.39 is 19.3 Å². The van der Waals surface area contributed by atoms with E-state index in [9.17, 15) is 4.57 Å². The maximum absolute atomic E-state index is 13.2. The molecule has 2 atom stereocenters. The number of rotatable bonds is 7. The predicted octanol–water partition coefficient (Wildman–Crippen LogP) is 3.90. The Morgan fingerprint density at radius 3 is 2.08 bits per heavy atom. The van der Waals surface area contributed by atoms with Gasteiger partial charge in [0.15, 0.2) is 0 Å². The molecule has 0 bridgehead atoms. The molecule has 0 saturated carbocycles. The van der Waals surface area contributed by atoms with Crippen LogP contribution in [0.25, 0.3) is 0 Å². The van der Waals surface area contributed by atoms with E-state index in [0.717, 1.165) is 11.3 Å². The molecule has 0 aliphatic carbocycles. The van der Waals surface area contributed by atoms with Gasteiger partial charge in [-0.3, -0.25) is 9.40 Å². The second-order valence-electron chi connectivity index (χ2n) is 5.40. The lowest BCUT2D eigenvalue weighted by atomic mass is 10.0. The fourth-order valence-corrected chi connectivity index (χ4v) is 4.45. The minimum Gasteiger partial charge on any atom is -0.272 e. The molecule has 134 valence electrons. The van der Waals surface area contributed by atoms with E-state index in [-0.39, 0.29) is 6.61 Å². The molecule has 0 amide bonds. The van der Waals surface area contributed by atoms with E-state index in [1.54, 1.807) is 5.06 Å². The van der Waals surface area contributed by atoms with Crippen LogP contribution in [-0.4, -0.2) is 26.5 Å². The highest BCUT2D eigenvalue weighted by atomic mass is 31.2. The van der Waals surface area contributed by atoms with Crippen LogP contribution in [-0.2, 0) is 28.5 Å². The maximum Gasteiger partial charge on any atom is 0.392 e. The lowest BCUT2D eigenvalue weighted by molar-refractivity contribution is -0.244. The number of hydrogen-bond donors (Lipinski definition) is 0.